The number of benzene rings is 1. The van der Waals surface area contributed by atoms with Crippen LogP contribution in [0.1, 0.15) is 58.9 Å². The summed E-state index contributed by atoms with van der Waals surface area (Å²) >= 11 is 3.37. The number of carbonyl (C=O) groups is 2. The molecule has 0 bridgehead atoms. The quantitative estimate of drug-likeness (QED) is 0.775. The molecule has 2 rings (SSSR count). The average molecular weight is 412 g/mol. The molecule has 2 atom stereocenters. The topological polar surface area (TPSA) is 66.8 Å². The van der Waals surface area contributed by atoms with Crippen molar-refractivity contribution in [2.45, 2.75) is 70.6 Å². The number of carboxylic acid groups (broad SMARTS) is 1. The summed E-state index contributed by atoms with van der Waals surface area (Å²) in [4.78, 5) is 26.5. The van der Waals surface area contributed by atoms with Crippen LogP contribution in [0.15, 0.2) is 28.7 Å². The molecule has 1 fully saturated rings. The lowest BCUT2D eigenvalue weighted by atomic mass is 9.90. The van der Waals surface area contributed by atoms with E-state index in [1.807, 2.05) is 46.8 Å². The van der Waals surface area contributed by atoms with E-state index >= 15 is 0 Å². The SMILES string of the molecule is CC(C)(C)OC(=O)N1[C@H](C(C(=O)O)c2ccc(Br)cc2)CCC1(C)C. The highest BCUT2D eigenvalue weighted by atomic mass is 79.9. The molecule has 138 valence electrons. The fourth-order valence-electron chi connectivity index (χ4n) is 3.41. The first-order valence-corrected chi connectivity index (χ1v) is 9.22. The van der Waals surface area contributed by atoms with Crippen molar-refractivity contribution in [3.8, 4) is 0 Å². The Morgan fingerprint density at radius 2 is 1.84 bits per heavy atom. The lowest BCUT2D eigenvalue weighted by molar-refractivity contribution is -0.140. The third-order valence-electron chi connectivity index (χ3n) is 4.51. The Balaban J connectivity index is 2.40. The van der Waals surface area contributed by atoms with Gasteiger partial charge in [0.05, 0.1) is 6.04 Å². The fraction of sp³-hybridized carbons (Fsp3) is 0.579. The van der Waals surface area contributed by atoms with Crippen molar-refractivity contribution in [3.05, 3.63) is 34.3 Å². The minimum atomic E-state index is -0.932. The van der Waals surface area contributed by atoms with E-state index in [-0.39, 0.29) is 0 Å². The molecule has 1 N–H and O–H groups in total. The van der Waals surface area contributed by atoms with E-state index in [0.29, 0.717) is 12.0 Å². The van der Waals surface area contributed by atoms with Crippen LogP contribution in [0, 0.1) is 0 Å². The number of hydrogen-bond donors (Lipinski definition) is 1. The number of nitrogens with zero attached hydrogens (tertiary/aromatic N) is 1. The van der Waals surface area contributed by atoms with Crippen LogP contribution in [-0.4, -0.2) is 39.3 Å². The summed E-state index contributed by atoms with van der Waals surface area (Å²) in [6.07, 6.45) is 0.902. The molecule has 25 heavy (non-hydrogen) atoms. The van der Waals surface area contributed by atoms with Gasteiger partial charge in [-0.05, 0) is 65.2 Å². The summed E-state index contributed by atoms with van der Waals surface area (Å²) < 4.78 is 6.44. The highest BCUT2D eigenvalue weighted by Gasteiger charge is 2.49. The molecule has 0 aromatic heterocycles. The Morgan fingerprint density at radius 3 is 2.32 bits per heavy atom. The van der Waals surface area contributed by atoms with Crippen molar-refractivity contribution in [1.82, 2.24) is 4.90 Å². The van der Waals surface area contributed by atoms with Gasteiger partial charge in [-0.25, -0.2) is 4.79 Å². The number of ether oxygens (including phenoxy) is 1. The minimum absolute atomic E-state index is 0.441. The fourth-order valence-corrected chi connectivity index (χ4v) is 3.67. The second kappa shape index (κ2) is 6.98. The first-order chi connectivity index (χ1) is 11.4. The molecule has 1 aromatic rings. The van der Waals surface area contributed by atoms with Gasteiger partial charge in [-0.15, -0.1) is 0 Å². The number of amides is 1. The zero-order valence-electron chi connectivity index (χ0n) is 15.4. The number of aliphatic carboxylic acids is 1. The Labute approximate surface area is 157 Å². The van der Waals surface area contributed by atoms with Crippen molar-refractivity contribution in [3.63, 3.8) is 0 Å². The molecule has 1 heterocycles. The molecular formula is C19H26BrNO4. The smallest absolute Gasteiger partial charge is 0.411 e. The van der Waals surface area contributed by atoms with Crippen molar-refractivity contribution in [2.24, 2.45) is 0 Å². The van der Waals surface area contributed by atoms with Crippen molar-refractivity contribution >= 4 is 28.0 Å². The first kappa shape index (κ1) is 19.8. The third-order valence-corrected chi connectivity index (χ3v) is 5.03. The molecule has 1 saturated heterocycles. The van der Waals surface area contributed by atoms with Crippen LogP contribution in [0.25, 0.3) is 0 Å². The number of carbonyl (C=O) groups excluding carboxylic acids is 1. The second-order valence-corrected chi connectivity index (χ2v) is 9.05. The van der Waals surface area contributed by atoms with Crippen LogP contribution in [0.3, 0.4) is 0 Å². The highest BCUT2D eigenvalue weighted by Crippen LogP contribution is 2.41. The zero-order chi connectivity index (χ0) is 19.0. The van der Waals surface area contributed by atoms with E-state index in [4.69, 9.17) is 4.74 Å². The summed E-state index contributed by atoms with van der Waals surface area (Å²) in [5.41, 5.74) is -0.390. The van der Waals surface area contributed by atoms with Crippen LogP contribution in [0.5, 0.6) is 0 Å². The lowest BCUT2D eigenvalue weighted by Gasteiger charge is -2.39. The van der Waals surface area contributed by atoms with E-state index in [0.717, 1.165) is 10.9 Å². The standard InChI is InChI=1S/C19H26BrNO4/c1-18(2,3)25-17(24)21-14(10-11-19(21,4)5)15(16(22)23)12-6-8-13(20)9-7-12/h6-9,14-15H,10-11H2,1-5H3,(H,22,23)/t14-,15?/m0/s1. The minimum Gasteiger partial charge on any atom is -0.481 e. The van der Waals surface area contributed by atoms with Gasteiger partial charge in [0.2, 0.25) is 0 Å². The monoisotopic (exact) mass is 411 g/mol. The first-order valence-electron chi connectivity index (χ1n) is 8.43. The van der Waals surface area contributed by atoms with E-state index in [2.05, 4.69) is 15.9 Å². The Hall–Kier alpha value is -1.56. The summed E-state index contributed by atoms with van der Waals surface area (Å²) in [6, 6.07) is 6.79. The highest BCUT2D eigenvalue weighted by molar-refractivity contribution is 9.10. The normalized spacial score (nSPS) is 21.0. The van der Waals surface area contributed by atoms with Crippen LogP contribution in [0.2, 0.25) is 0 Å². The van der Waals surface area contributed by atoms with E-state index in [9.17, 15) is 14.7 Å². The van der Waals surface area contributed by atoms with Crippen LogP contribution in [0.4, 0.5) is 4.79 Å². The largest absolute Gasteiger partial charge is 0.481 e. The maximum absolute atomic E-state index is 12.8. The lowest BCUT2D eigenvalue weighted by Crippen LogP contribution is -2.51. The summed E-state index contributed by atoms with van der Waals surface area (Å²) in [7, 11) is 0. The van der Waals surface area contributed by atoms with Gasteiger partial charge in [-0.2, -0.15) is 0 Å². The molecule has 0 aliphatic carbocycles. The van der Waals surface area contributed by atoms with Crippen LogP contribution in [-0.2, 0) is 9.53 Å². The average Bonchev–Trinajstić information content (AvgIpc) is 2.74. The molecule has 0 saturated carbocycles. The number of carboxylic acids is 1. The molecular weight excluding hydrogens is 386 g/mol. The van der Waals surface area contributed by atoms with E-state index in [1.165, 1.54) is 0 Å². The van der Waals surface area contributed by atoms with Gasteiger partial charge in [0, 0.05) is 10.0 Å². The van der Waals surface area contributed by atoms with Crippen LogP contribution < -0.4 is 0 Å². The maximum Gasteiger partial charge on any atom is 0.411 e. The Morgan fingerprint density at radius 1 is 1.28 bits per heavy atom. The van der Waals surface area contributed by atoms with Crippen LogP contribution >= 0.6 is 15.9 Å². The summed E-state index contributed by atoms with van der Waals surface area (Å²) in [6.45, 7) is 9.35. The van der Waals surface area contributed by atoms with E-state index < -0.39 is 35.2 Å². The van der Waals surface area contributed by atoms with Gasteiger partial charge in [-0.3, -0.25) is 9.69 Å². The van der Waals surface area contributed by atoms with Gasteiger partial charge in [-0.1, -0.05) is 28.1 Å². The number of hydrogen-bond acceptors (Lipinski definition) is 3. The molecule has 1 unspecified atom stereocenters. The Kier molecular flexibility index (Phi) is 5.52. The summed E-state index contributed by atoms with van der Waals surface area (Å²) in [5.74, 6) is -1.72. The zero-order valence-corrected chi connectivity index (χ0v) is 17.0. The predicted octanol–water partition coefficient (Wildman–Crippen LogP) is 4.80. The number of halogens is 1. The van der Waals surface area contributed by atoms with Crippen molar-refractivity contribution in [1.29, 1.82) is 0 Å². The number of rotatable bonds is 3. The van der Waals surface area contributed by atoms with Gasteiger partial charge in [0.25, 0.3) is 0 Å². The molecule has 0 spiro atoms. The predicted molar refractivity (Wildman–Crippen MR) is 99.7 cm³/mol. The molecule has 1 aromatic carbocycles. The van der Waals surface area contributed by atoms with Gasteiger partial charge in [0.1, 0.15) is 11.5 Å². The molecule has 1 aliphatic rings. The van der Waals surface area contributed by atoms with Gasteiger partial charge < -0.3 is 9.84 Å². The van der Waals surface area contributed by atoms with Crippen molar-refractivity contribution < 1.29 is 19.4 Å². The molecule has 1 aliphatic heterocycles. The second-order valence-electron chi connectivity index (χ2n) is 8.14. The number of likely N-dealkylation sites (tertiary alicyclic amines) is 1. The van der Waals surface area contributed by atoms with Gasteiger partial charge >= 0.3 is 12.1 Å². The maximum atomic E-state index is 12.8. The summed E-state index contributed by atoms with van der Waals surface area (Å²) in [5, 5.41) is 9.87. The third kappa shape index (κ3) is 4.54. The van der Waals surface area contributed by atoms with Crippen molar-refractivity contribution in [2.75, 3.05) is 0 Å². The molecule has 6 heteroatoms. The molecule has 1 amide bonds. The van der Waals surface area contributed by atoms with Gasteiger partial charge in [0.15, 0.2) is 0 Å². The molecule has 0 radical (unpaired) electrons. The Bertz CT molecular complexity index is 648. The van der Waals surface area contributed by atoms with E-state index in [1.54, 1.807) is 17.0 Å². The molecule has 5 nitrogen and oxygen atoms in total.